The van der Waals surface area contributed by atoms with Crippen LogP contribution < -0.4 is 0 Å². The second-order valence-corrected chi connectivity index (χ2v) is 5.98. The van der Waals surface area contributed by atoms with Gasteiger partial charge in [-0.2, -0.15) is 0 Å². The van der Waals surface area contributed by atoms with Gasteiger partial charge in [0.2, 0.25) is 0 Å². The number of aryl methyl sites for hydroxylation is 1. The number of hydrogen-bond acceptors (Lipinski definition) is 3. The Hall–Kier alpha value is -1.68. The van der Waals surface area contributed by atoms with Crippen LogP contribution in [0.25, 0.3) is 11.0 Å². The molecular weight excluding hydrogens is 262 g/mol. The van der Waals surface area contributed by atoms with Crippen LogP contribution in [0.1, 0.15) is 48.3 Å². The number of hydrogen-bond donors (Lipinski definition) is 1. The highest BCUT2D eigenvalue weighted by Crippen LogP contribution is 2.16. The molecular formula is C17H23N3O. The third-order valence-electron chi connectivity index (χ3n) is 4.28. The van der Waals surface area contributed by atoms with E-state index in [2.05, 4.69) is 14.9 Å². The van der Waals surface area contributed by atoms with Gasteiger partial charge in [-0.25, -0.2) is 4.98 Å². The molecule has 0 radical (unpaired) electrons. The van der Waals surface area contributed by atoms with Gasteiger partial charge in [0.15, 0.2) is 5.78 Å². The van der Waals surface area contributed by atoms with Crippen molar-refractivity contribution in [1.29, 1.82) is 0 Å². The van der Waals surface area contributed by atoms with E-state index in [4.69, 9.17) is 0 Å². The molecule has 1 aliphatic heterocycles. The van der Waals surface area contributed by atoms with Gasteiger partial charge in [0, 0.05) is 18.5 Å². The second kappa shape index (κ2) is 6.39. The lowest BCUT2D eigenvalue weighted by Gasteiger charge is -2.18. The van der Waals surface area contributed by atoms with Crippen LogP contribution in [0.4, 0.5) is 0 Å². The third kappa shape index (κ3) is 3.50. The Morgan fingerprint density at radius 3 is 2.76 bits per heavy atom. The minimum atomic E-state index is 0.230. The van der Waals surface area contributed by atoms with E-state index in [-0.39, 0.29) is 5.78 Å². The maximum Gasteiger partial charge on any atom is 0.164 e. The molecule has 0 unspecified atom stereocenters. The van der Waals surface area contributed by atoms with Crippen molar-refractivity contribution < 1.29 is 4.79 Å². The first-order valence-corrected chi connectivity index (χ1v) is 7.94. The fraction of sp³-hybridized carbons (Fsp3) is 0.529. The topological polar surface area (TPSA) is 49.0 Å². The predicted octanol–water partition coefficient (Wildman–Crippen LogP) is 3.32. The summed E-state index contributed by atoms with van der Waals surface area (Å²) >= 11 is 0. The van der Waals surface area contributed by atoms with E-state index in [0.29, 0.717) is 6.42 Å². The molecule has 1 aliphatic rings. The second-order valence-electron chi connectivity index (χ2n) is 5.98. The summed E-state index contributed by atoms with van der Waals surface area (Å²) in [5, 5.41) is 0. The molecule has 1 N–H and O–H groups in total. The summed E-state index contributed by atoms with van der Waals surface area (Å²) in [7, 11) is 0. The quantitative estimate of drug-likeness (QED) is 0.877. The van der Waals surface area contributed by atoms with E-state index in [9.17, 15) is 4.79 Å². The summed E-state index contributed by atoms with van der Waals surface area (Å²) in [6.07, 6.45) is 5.82. The Morgan fingerprint density at radius 2 is 2.00 bits per heavy atom. The van der Waals surface area contributed by atoms with Crippen LogP contribution in [0.3, 0.4) is 0 Å². The normalized spacial score (nSPS) is 17.0. The average molecular weight is 285 g/mol. The molecule has 1 saturated heterocycles. The lowest BCUT2D eigenvalue weighted by atomic mass is 10.1. The molecule has 4 heteroatoms. The van der Waals surface area contributed by atoms with E-state index >= 15 is 0 Å². The first-order chi connectivity index (χ1) is 10.2. The maximum atomic E-state index is 12.4. The highest BCUT2D eigenvalue weighted by Gasteiger charge is 2.13. The third-order valence-corrected chi connectivity index (χ3v) is 4.28. The number of benzene rings is 1. The predicted molar refractivity (Wildman–Crippen MR) is 84.7 cm³/mol. The molecule has 1 fully saturated rings. The van der Waals surface area contributed by atoms with Gasteiger partial charge < -0.3 is 9.88 Å². The zero-order valence-corrected chi connectivity index (χ0v) is 12.7. The first-order valence-electron chi connectivity index (χ1n) is 7.94. The van der Waals surface area contributed by atoms with Crippen molar-refractivity contribution in [2.75, 3.05) is 19.6 Å². The SMILES string of the molecule is Cc1nc2ccc(C(=O)CCN3CCCCCC3)cc2[nH]1. The standard InChI is InChI=1S/C17H23N3O/c1-13-18-15-7-6-14(12-16(15)19-13)17(21)8-11-20-9-4-2-3-5-10-20/h6-7,12H,2-5,8-11H2,1H3,(H,18,19). The zero-order chi connectivity index (χ0) is 14.7. The van der Waals surface area contributed by atoms with Crippen LogP contribution in [0.15, 0.2) is 18.2 Å². The summed E-state index contributed by atoms with van der Waals surface area (Å²) < 4.78 is 0. The summed E-state index contributed by atoms with van der Waals surface area (Å²) in [6.45, 7) is 5.11. The van der Waals surface area contributed by atoms with Crippen molar-refractivity contribution >= 4 is 16.8 Å². The van der Waals surface area contributed by atoms with Gasteiger partial charge in [0.1, 0.15) is 5.82 Å². The molecule has 0 bridgehead atoms. The molecule has 4 nitrogen and oxygen atoms in total. The Bertz CT molecular complexity index is 624. The van der Waals surface area contributed by atoms with Gasteiger partial charge in [-0.3, -0.25) is 4.79 Å². The van der Waals surface area contributed by atoms with E-state index in [1.807, 2.05) is 25.1 Å². The van der Waals surface area contributed by atoms with Gasteiger partial charge in [0.05, 0.1) is 11.0 Å². The van der Waals surface area contributed by atoms with Crippen molar-refractivity contribution in [2.45, 2.75) is 39.0 Å². The summed E-state index contributed by atoms with van der Waals surface area (Å²) in [5.41, 5.74) is 2.67. The Labute approximate surface area is 125 Å². The minimum absolute atomic E-state index is 0.230. The number of carbonyl (C=O) groups is 1. The molecule has 2 heterocycles. The number of carbonyl (C=O) groups excluding carboxylic acids is 1. The molecule has 0 aliphatic carbocycles. The van der Waals surface area contributed by atoms with E-state index in [0.717, 1.165) is 42.1 Å². The Morgan fingerprint density at radius 1 is 1.24 bits per heavy atom. The summed E-state index contributed by atoms with van der Waals surface area (Å²) in [5.74, 6) is 1.12. The number of aromatic nitrogens is 2. The number of aromatic amines is 1. The molecule has 0 saturated carbocycles. The zero-order valence-electron chi connectivity index (χ0n) is 12.7. The van der Waals surface area contributed by atoms with Crippen LogP contribution in [0, 0.1) is 6.92 Å². The lowest BCUT2D eigenvalue weighted by Crippen LogP contribution is -2.27. The van der Waals surface area contributed by atoms with Gasteiger partial charge in [-0.15, -0.1) is 0 Å². The fourth-order valence-corrected chi connectivity index (χ4v) is 3.07. The van der Waals surface area contributed by atoms with Gasteiger partial charge in [0.25, 0.3) is 0 Å². The monoisotopic (exact) mass is 285 g/mol. The summed E-state index contributed by atoms with van der Waals surface area (Å²) in [6, 6.07) is 5.76. The van der Waals surface area contributed by atoms with Crippen LogP contribution in [0.5, 0.6) is 0 Å². The van der Waals surface area contributed by atoms with Crippen molar-refractivity contribution in [2.24, 2.45) is 0 Å². The van der Waals surface area contributed by atoms with E-state index in [1.54, 1.807) is 0 Å². The van der Waals surface area contributed by atoms with Crippen molar-refractivity contribution in [3.05, 3.63) is 29.6 Å². The lowest BCUT2D eigenvalue weighted by molar-refractivity contribution is 0.0965. The average Bonchev–Trinajstić information content (AvgIpc) is 2.69. The number of fused-ring (bicyclic) bond motifs is 1. The van der Waals surface area contributed by atoms with E-state index in [1.165, 1.54) is 25.7 Å². The number of likely N-dealkylation sites (tertiary alicyclic amines) is 1. The highest BCUT2D eigenvalue weighted by atomic mass is 16.1. The van der Waals surface area contributed by atoms with Crippen molar-refractivity contribution in [3.8, 4) is 0 Å². The van der Waals surface area contributed by atoms with Crippen LogP contribution in [-0.4, -0.2) is 40.3 Å². The van der Waals surface area contributed by atoms with Gasteiger partial charge in [-0.05, 0) is 51.1 Å². The molecule has 112 valence electrons. The number of rotatable bonds is 4. The molecule has 2 aromatic rings. The Balaban J connectivity index is 1.63. The number of imidazole rings is 1. The highest BCUT2D eigenvalue weighted by molar-refractivity contribution is 5.98. The smallest absolute Gasteiger partial charge is 0.164 e. The number of nitrogens with zero attached hydrogens (tertiary/aromatic N) is 2. The number of H-pyrrole nitrogens is 1. The number of nitrogens with one attached hydrogen (secondary N) is 1. The molecule has 0 spiro atoms. The fourth-order valence-electron chi connectivity index (χ4n) is 3.07. The number of Topliss-reactive ketones (excluding diaryl/α,β-unsaturated/α-hetero) is 1. The van der Waals surface area contributed by atoms with Crippen LogP contribution >= 0.6 is 0 Å². The number of ketones is 1. The molecule has 0 amide bonds. The van der Waals surface area contributed by atoms with Crippen molar-refractivity contribution in [3.63, 3.8) is 0 Å². The molecule has 3 rings (SSSR count). The van der Waals surface area contributed by atoms with Crippen LogP contribution in [0.2, 0.25) is 0 Å². The van der Waals surface area contributed by atoms with E-state index < -0.39 is 0 Å². The molecule has 0 atom stereocenters. The minimum Gasteiger partial charge on any atom is -0.342 e. The van der Waals surface area contributed by atoms with Gasteiger partial charge in [-0.1, -0.05) is 12.8 Å². The largest absolute Gasteiger partial charge is 0.342 e. The Kier molecular flexibility index (Phi) is 4.34. The molecule has 21 heavy (non-hydrogen) atoms. The van der Waals surface area contributed by atoms with Gasteiger partial charge >= 0.3 is 0 Å². The molecule has 1 aromatic heterocycles. The van der Waals surface area contributed by atoms with Crippen LogP contribution in [-0.2, 0) is 0 Å². The maximum absolute atomic E-state index is 12.4. The molecule has 1 aromatic carbocycles. The first kappa shape index (κ1) is 14.3. The summed E-state index contributed by atoms with van der Waals surface area (Å²) in [4.78, 5) is 22.4. The van der Waals surface area contributed by atoms with Crippen molar-refractivity contribution in [1.82, 2.24) is 14.9 Å².